The smallest absolute Gasteiger partial charge is 0.243 e. The molecular formula is C15H27IN4O. The lowest BCUT2D eigenvalue weighted by atomic mass is 9.68. The van der Waals surface area contributed by atoms with Crippen molar-refractivity contribution < 1.29 is 4.79 Å². The van der Waals surface area contributed by atoms with Gasteiger partial charge in [-0.2, -0.15) is 0 Å². The van der Waals surface area contributed by atoms with Crippen molar-refractivity contribution in [2.75, 3.05) is 40.3 Å². The molecule has 0 radical (unpaired) electrons. The summed E-state index contributed by atoms with van der Waals surface area (Å²) < 4.78 is 0. The molecule has 1 saturated heterocycles. The third kappa shape index (κ3) is 4.59. The van der Waals surface area contributed by atoms with Gasteiger partial charge < -0.3 is 15.1 Å². The Morgan fingerprint density at radius 2 is 2.14 bits per heavy atom. The predicted octanol–water partition coefficient (Wildman–Crippen LogP) is 1.70. The first kappa shape index (κ1) is 18.3. The first-order chi connectivity index (χ1) is 9.56. The van der Waals surface area contributed by atoms with Gasteiger partial charge in [0.05, 0.1) is 0 Å². The molecule has 6 heteroatoms. The Kier molecular flexibility index (Phi) is 6.96. The molecule has 1 amide bonds. The molecule has 2 fully saturated rings. The second kappa shape index (κ2) is 8.00. The van der Waals surface area contributed by atoms with Crippen LogP contribution in [0.4, 0.5) is 0 Å². The number of hydrogen-bond donors (Lipinski definition) is 1. The Morgan fingerprint density at radius 3 is 2.62 bits per heavy atom. The number of guanidine groups is 1. The van der Waals surface area contributed by atoms with Crippen LogP contribution in [0, 0.1) is 5.41 Å². The summed E-state index contributed by atoms with van der Waals surface area (Å²) in [5, 5.41) is 3.28. The number of nitrogens with one attached hydrogen (secondary N) is 1. The Bertz CT molecular complexity index is 404. The zero-order valence-electron chi connectivity index (χ0n) is 13.1. The first-order valence-corrected chi connectivity index (χ1v) is 7.41. The van der Waals surface area contributed by atoms with E-state index < -0.39 is 0 Å². The minimum absolute atomic E-state index is 0. The number of nitrogens with zero attached hydrogens (tertiary/aromatic N) is 3. The number of amides is 1. The van der Waals surface area contributed by atoms with Crippen LogP contribution in [0.5, 0.6) is 0 Å². The van der Waals surface area contributed by atoms with E-state index in [-0.39, 0.29) is 36.4 Å². The van der Waals surface area contributed by atoms with Crippen LogP contribution in [0.25, 0.3) is 0 Å². The second-order valence-electron chi connectivity index (χ2n) is 6.12. The maximum atomic E-state index is 11.7. The first-order valence-electron chi connectivity index (χ1n) is 7.41. The number of carbonyl (C=O) groups is 1. The Balaban J connectivity index is 0.00000220. The molecule has 0 bridgehead atoms. The van der Waals surface area contributed by atoms with Crippen molar-refractivity contribution in [1.29, 1.82) is 0 Å². The molecule has 0 unspecified atom stereocenters. The maximum Gasteiger partial charge on any atom is 0.243 e. The quantitative estimate of drug-likeness (QED) is 0.335. The van der Waals surface area contributed by atoms with Gasteiger partial charge in [0.2, 0.25) is 5.91 Å². The van der Waals surface area contributed by atoms with E-state index in [9.17, 15) is 4.79 Å². The molecule has 5 nitrogen and oxygen atoms in total. The van der Waals surface area contributed by atoms with E-state index in [0.717, 1.165) is 19.0 Å². The number of halogens is 1. The van der Waals surface area contributed by atoms with Gasteiger partial charge >= 0.3 is 0 Å². The predicted molar refractivity (Wildman–Crippen MR) is 97.1 cm³/mol. The van der Waals surface area contributed by atoms with Crippen molar-refractivity contribution in [3.63, 3.8) is 0 Å². The highest BCUT2D eigenvalue weighted by atomic mass is 127. The number of hydrogen-bond acceptors (Lipinski definition) is 2. The van der Waals surface area contributed by atoms with E-state index >= 15 is 0 Å². The number of carbonyl (C=O) groups excluding carboxylic acids is 1. The van der Waals surface area contributed by atoms with Gasteiger partial charge in [-0.15, -0.1) is 30.6 Å². The molecule has 2 rings (SSSR count). The molecule has 0 aromatic carbocycles. The number of rotatable bonds is 4. The zero-order valence-corrected chi connectivity index (χ0v) is 15.4. The standard InChI is InChI=1S/C15H26N4O.HI/c1-4-9-16-14(17-11-13(20)18(2)3)19-10-8-15(12-19)6-5-7-15;/h4H,1,5-12H2,2-3H3,(H,16,17);1H. The molecule has 1 spiro atoms. The largest absolute Gasteiger partial charge is 0.353 e. The minimum atomic E-state index is 0. The monoisotopic (exact) mass is 406 g/mol. The average molecular weight is 406 g/mol. The van der Waals surface area contributed by atoms with E-state index in [4.69, 9.17) is 0 Å². The molecule has 1 saturated carbocycles. The fourth-order valence-corrected chi connectivity index (χ4v) is 2.92. The molecule has 0 aromatic rings. The van der Waals surface area contributed by atoms with Crippen LogP contribution in [-0.2, 0) is 4.79 Å². The number of likely N-dealkylation sites (N-methyl/N-ethyl adjacent to an activating group) is 1. The summed E-state index contributed by atoms with van der Waals surface area (Å²) in [4.78, 5) is 20.0. The Labute approximate surface area is 144 Å². The molecule has 1 aliphatic heterocycles. The summed E-state index contributed by atoms with van der Waals surface area (Å²) in [6.07, 6.45) is 7.12. The van der Waals surface area contributed by atoms with Crippen LogP contribution in [0.3, 0.4) is 0 Å². The Morgan fingerprint density at radius 1 is 1.43 bits per heavy atom. The average Bonchev–Trinajstić information content (AvgIpc) is 2.83. The van der Waals surface area contributed by atoms with E-state index in [2.05, 4.69) is 21.8 Å². The highest BCUT2D eigenvalue weighted by Gasteiger charge is 2.43. The van der Waals surface area contributed by atoms with Crippen molar-refractivity contribution in [3.05, 3.63) is 12.7 Å². The highest BCUT2D eigenvalue weighted by Crippen LogP contribution is 2.47. The molecule has 1 heterocycles. The third-order valence-corrected chi connectivity index (χ3v) is 4.42. The summed E-state index contributed by atoms with van der Waals surface area (Å²) in [6, 6.07) is 0. The van der Waals surface area contributed by atoms with Gasteiger partial charge in [-0.1, -0.05) is 12.5 Å². The molecule has 120 valence electrons. The second-order valence-corrected chi connectivity index (χ2v) is 6.12. The van der Waals surface area contributed by atoms with Crippen molar-refractivity contribution in [2.24, 2.45) is 10.4 Å². The fraction of sp³-hybridized carbons (Fsp3) is 0.733. The summed E-state index contributed by atoms with van der Waals surface area (Å²) in [6.45, 7) is 6.73. The van der Waals surface area contributed by atoms with Gasteiger partial charge in [0.1, 0.15) is 6.54 Å². The van der Waals surface area contributed by atoms with E-state index in [0.29, 0.717) is 12.0 Å². The Hall–Kier alpha value is -0.790. The maximum absolute atomic E-state index is 11.7. The number of likely N-dealkylation sites (tertiary alicyclic amines) is 1. The third-order valence-electron chi connectivity index (χ3n) is 4.42. The van der Waals surface area contributed by atoms with Gasteiger partial charge in [-0.3, -0.25) is 4.79 Å². The van der Waals surface area contributed by atoms with Gasteiger partial charge in [0.25, 0.3) is 0 Å². The van der Waals surface area contributed by atoms with Crippen LogP contribution in [0.15, 0.2) is 17.6 Å². The molecule has 0 atom stereocenters. The lowest BCUT2D eigenvalue weighted by molar-refractivity contribution is -0.127. The molecular weight excluding hydrogens is 379 g/mol. The van der Waals surface area contributed by atoms with Crippen molar-refractivity contribution >= 4 is 35.8 Å². The molecule has 1 N–H and O–H groups in total. The summed E-state index contributed by atoms with van der Waals surface area (Å²) in [5.74, 6) is 0.879. The topological polar surface area (TPSA) is 47.9 Å². The van der Waals surface area contributed by atoms with E-state index in [1.54, 1.807) is 19.0 Å². The summed E-state index contributed by atoms with van der Waals surface area (Å²) in [5.41, 5.74) is 0.530. The van der Waals surface area contributed by atoms with Crippen LogP contribution < -0.4 is 5.32 Å². The lowest BCUT2D eigenvalue weighted by Crippen LogP contribution is -2.43. The molecule has 21 heavy (non-hydrogen) atoms. The number of aliphatic imine (C=N–C) groups is 1. The van der Waals surface area contributed by atoms with Gasteiger partial charge in [-0.05, 0) is 24.7 Å². The van der Waals surface area contributed by atoms with Crippen LogP contribution in [-0.4, -0.2) is 61.9 Å². The molecule has 0 aromatic heterocycles. The van der Waals surface area contributed by atoms with Crippen LogP contribution in [0.1, 0.15) is 25.7 Å². The van der Waals surface area contributed by atoms with Gasteiger partial charge in [0.15, 0.2) is 5.96 Å². The van der Waals surface area contributed by atoms with Gasteiger partial charge in [-0.25, -0.2) is 4.99 Å². The highest BCUT2D eigenvalue weighted by molar-refractivity contribution is 14.0. The summed E-state index contributed by atoms with van der Waals surface area (Å²) in [7, 11) is 3.52. The fourth-order valence-electron chi connectivity index (χ4n) is 2.92. The molecule has 2 aliphatic rings. The lowest BCUT2D eigenvalue weighted by Gasteiger charge is -2.38. The normalized spacial score (nSPS) is 19.7. The summed E-state index contributed by atoms with van der Waals surface area (Å²) >= 11 is 0. The zero-order chi connectivity index (χ0) is 14.6. The molecule has 1 aliphatic carbocycles. The van der Waals surface area contributed by atoms with Gasteiger partial charge in [0, 0.05) is 33.7 Å². The SMILES string of the molecule is C=CCNC(=NCC(=O)N(C)C)N1CCC2(CCC2)C1.I. The van der Waals surface area contributed by atoms with Crippen molar-refractivity contribution in [3.8, 4) is 0 Å². The van der Waals surface area contributed by atoms with Crippen LogP contribution >= 0.6 is 24.0 Å². The van der Waals surface area contributed by atoms with Crippen LogP contribution in [0.2, 0.25) is 0 Å². The van der Waals surface area contributed by atoms with Crippen molar-refractivity contribution in [1.82, 2.24) is 15.1 Å². The van der Waals surface area contributed by atoms with Crippen molar-refractivity contribution in [2.45, 2.75) is 25.7 Å². The minimum Gasteiger partial charge on any atom is -0.353 e. The van der Waals surface area contributed by atoms with E-state index in [1.807, 2.05) is 6.08 Å². The van der Waals surface area contributed by atoms with E-state index in [1.165, 1.54) is 25.7 Å².